The molecule has 0 aliphatic carbocycles. The molecule has 3 heterocycles. The number of benzene rings is 1. The summed E-state index contributed by atoms with van der Waals surface area (Å²) < 4.78 is 1.96. The van der Waals surface area contributed by atoms with Crippen LogP contribution >= 0.6 is 0 Å². The quantitative estimate of drug-likeness (QED) is 0.512. The second kappa shape index (κ2) is 7.60. The first-order valence-electron chi connectivity index (χ1n) is 9.24. The number of aromatic nitrogens is 5. The molecule has 0 spiro atoms. The predicted molar refractivity (Wildman–Crippen MR) is 108 cm³/mol. The van der Waals surface area contributed by atoms with Gasteiger partial charge in [0.15, 0.2) is 11.6 Å². The van der Waals surface area contributed by atoms with E-state index >= 15 is 0 Å². The second-order valence-electron chi connectivity index (χ2n) is 6.94. The fourth-order valence-corrected chi connectivity index (χ4v) is 3.12. The van der Waals surface area contributed by atoms with E-state index in [0.717, 1.165) is 11.1 Å². The van der Waals surface area contributed by atoms with Gasteiger partial charge in [0.2, 0.25) is 0 Å². The van der Waals surface area contributed by atoms with Gasteiger partial charge in [-0.25, -0.2) is 4.98 Å². The van der Waals surface area contributed by atoms with Crippen molar-refractivity contribution in [3.05, 3.63) is 78.5 Å². The highest BCUT2D eigenvalue weighted by molar-refractivity contribution is 5.97. The van der Waals surface area contributed by atoms with Crippen LogP contribution in [0.25, 0.3) is 22.6 Å². The SMILES string of the molecule is CC(C)n1cnnc1-c1cccc(CC(=O)c2cc(-c3ccccc3)c[nH]2)n1. The monoisotopic (exact) mass is 371 g/mol. The van der Waals surface area contributed by atoms with Gasteiger partial charge in [0.05, 0.1) is 12.1 Å². The molecule has 0 saturated heterocycles. The Morgan fingerprint density at radius 1 is 1.07 bits per heavy atom. The summed E-state index contributed by atoms with van der Waals surface area (Å²) in [6.45, 7) is 4.13. The van der Waals surface area contributed by atoms with Crippen LogP contribution in [0.15, 0.2) is 67.1 Å². The van der Waals surface area contributed by atoms with Crippen LogP contribution in [0.1, 0.15) is 36.1 Å². The first kappa shape index (κ1) is 17.9. The number of hydrogen-bond acceptors (Lipinski definition) is 4. The molecule has 0 aliphatic heterocycles. The van der Waals surface area contributed by atoms with Crippen LogP contribution in [-0.2, 0) is 6.42 Å². The number of Topliss-reactive ketones (excluding diaryl/α,β-unsaturated/α-hetero) is 1. The van der Waals surface area contributed by atoms with E-state index in [1.165, 1.54) is 0 Å². The summed E-state index contributed by atoms with van der Waals surface area (Å²) in [4.78, 5) is 20.4. The van der Waals surface area contributed by atoms with Crippen molar-refractivity contribution in [2.45, 2.75) is 26.3 Å². The Bertz CT molecular complexity index is 1090. The van der Waals surface area contributed by atoms with Gasteiger partial charge < -0.3 is 9.55 Å². The van der Waals surface area contributed by atoms with E-state index in [-0.39, 0.29) is 18.2 Å². The fraction of sp³-hybridized carbons (Fsp3) is 0.182. The van der Waals surface area contributed by atoms with Crippen molar-refractivity contribution in [1.29, 1.82) is 0 Å². The number of H-pyrrole nitrogens is 1. The Hall–Kier alpha value is -3.54. The number of pyridine rings is 1. The molecule has 0 atom stereocenters. The maximum atomic E-state index is 12.7. The van der Waals surface area contributed by atoms with Crippen LogP contribution in [-0.4, -0.2) is 30.5 Å². The van der Waals surface area contributed by atoms with Crippen molar-refractivity contribution in [2.75, 3.05) is 0 Å². The van der Waals surface area contributed by atoms with Gasteiger partial charge in [-0.3, -0.25) is 4.79 Å². The van der Waals surface area contributed by atoms with Gasteiger partial charge in [0.1, 0.15) is 12.0 Å². The molecule has 28 heavy (non-hydrogen) atoms. The van der Waals surface area contributed by atoms with E-state index in [0.29, 0.717) is 22.9 Å². The van der Waals surface area contributed by atoms with Gasteiger partial charge in [0.25, 0.3) is 0 Å². The molecule has 140 valence electrons. The molecular formula is C22H21N5O. The average molecular weight is 371 g/mol. The largest absolute Gasteiger partial charge is 0.358 e. The summed E-state index contributed by atoms with van der Waals surface area (Å²) in [7, 11) is 0. The molecule has 1 N–H and O–H groups in total. The van der Waals surface area contributed by atoms with E-state index in [9.17, 15) is 4.79 Å². The van der Waals surface area contributed by atoms with Crippen molar-refractivity contribution in [3.8, 4) is 22.6 Å². The molecule has 6 heteroatoms. The second-order valence-corrected chi connectivity index (χ2v) is 6.94. The van der Waals surface area contributed by atoms with E-state index in [4.69, 9.17) is 0 Å². The number of nitrogens with zero attached hydrogens (tertiary/aromatic N) is 4. The van der Waals surface area contributed by atoms with Crippen molar-refractivity contribution in [2.24, 2.45) is 0 Å². The fourth-order valence-electron chi connectivity index (χ4n) is 3.12. The van der Waals surface area contributed by atoms with E-state index in [1.54, 1.807) is 6.33 Å². The number of nitrogens with one attached hydrogen (secondary N) is 1. The van der Waals surface area contributed by atoms with Crippen molar-refractivity contribution < 1.29 is 4.79 Å². The molecule has 6 nitrogen and oxygen atoms in total. The van der Waals surface area contributed by atoms with Gasteiger partial charge in [-0.1, -0.05) is 36.4 Å². The molecule has 0 radical (unpaired) electrons. The zero-order valence-corrected chi connectivity index (χ0v) is 15.8. The van der Waals surface area contributed by atoms with Crippen LogP contribution in [0.4, 0.5) is 0 Å². The molecule has 4 rings (SSSR count). The summed E-state index contributed by atoms with van der Waals surface area (Å²) in [5.41, 5.74) is 4.07. The minimum Gasteiger partial charge on any atom is -0.358 e. The number of ketones is 1. The van der Waals surface area contributed by atoms with Gasteiger partial charge in [-0.15, -0.1) is 10.2 Å². The first-order valence-corrected chi connectivity index (χ1v) is 9.24. The van der Waals surface area contributed by atoms with Crippen molar-refractivity contribution in [1.82, 2.24) is 24.7 Å². The lowest BCUT2D eigenvalue weighted by Gasteiger charge is -2.10. The topological polar surface area (TPSA) is 76.5 Å². The summed E-state index contributed by atoms with van der Waals surface area (Å²) >= 11 is 0. The Labute approximate surface area is 163 Å². The Kier molecular flexibility index (Phi) is 4.85. The lowest BCUT2D eigenvalue weighted by atomic mass is 10.1. The molecule has 0 amide bonds. The predicted octanol–water partition coefficient (Wildman–Crippen LogP) is 4.34. The van der Waals surface area contributed by atoms with E-state index in [1.807, 2.05) is 65.4 Å². The van der Waals surface area contributed by atoms with E-state index in [2.05, 4.69) is 34.0 Å². The minimum absolute atomic E-state index is 0.00263. The minimum atomic E-state index is -0.00263. The zero-order valence-electron chi connectivity index (χ0n) is 15.8. The van der Waals surface area contributed by atoms with Crippen LogP contribution in [0.3, 0.4) is 0 Å². The molecular weight excluding hydrogens is 350 g/mol. The number of carbonyl (C=O) groups excluding carboxylic acids is 1. The molecule has 4 aromatic rings. The third-order valence-electron chi connectivity index (χ3n) is 4.60. The van der Waals surface area contributed by atoms with Gasteiger partial charge in [0, 0.05) is 17.9 Å². The highest BCUT2D eigenvalue weighted by Gasteiger charge is 2.14. The number of carbonyl (C=O) groups is 1. The zero-order chi connectivity index (χ0) is 19.5. The molecule has 0 saturated carbocycles. The number of rotatable bonds is 6. The van der Waals surface area contributed by atoms with Crippen LogP contribution in [0.2, 0.25) is 0 Å². The maximum absolute atomic E-state index is 12.7. The number of hydrogen-bond donors (Lipinski definition) is 1. The third kappa shape index (κ3) is 3.62. The highest BCUT2D eigenvalue weighted by atomic mass is 16.1. The Balaban J connectivity index is 1.54. The van der Waals surface area contributed by atoms with Crippen molar-refractivity contribution in [3.63, 3.8) is 0 Å². The van der Waals surface area contributed by atoms with Crippen LogP contribution in [0.5, 0.6) is 0 Å². The summed E-state index contributed by atoms with van der Waals surface area (Å²) in [5.74, 6) is 0.702. The van der Waals surface area contributed by atoms with Crippen molar-refractivity contribution >= 4 is 5.78 Å². The molecule has 0 aliphatic rings. The lowest BCUT2D eigenvalue weighted by molar-refractivity contribution is 0.0988. The van der Waals surface area contributed by atoms with Crippen LogP contribution < -0.4 is 0 Å². The maximum Gasteiger partial charge on any atom is 0.184 e. The molecule has 0 bridgehead atoms. The van der Waals surface area contributed by atoms with Gasteiger partial charge in [-0.2, -0.15) is 0 Å². The molecule has 0 fully saturated rings. The molecule has 0 unspecified atom stereocenters. The number of aromatic amines is 1. The standard InChI is InChI=1S/C22H21N5O/c1-15(2)27-14-24-26-22(27)19-10-6-9-18(25-19)12-21(28)20-11-17(13-23-20)16-7-4-3-5-8-16/h3-11,13-15,23H,12H2,1-2H3. The molecule has 1 aromatic carbocycles. The lowest BCUT2D eigenvalue weighted by Crippen LogP contribution is -2.07. The smallest absolute Gasteiger partial charge is 0.184 e. The van der Waals surface area contributed by atoms with Gasteiger partial charge in [-0.05, 0) is 43.2 Å². The van der Waals surface area contributed by atoms with Crippen LogP contribution in [0, 0.1) is 0 Å². The first-order chi connectivity index (χ1) is 13.6. The average Bonchev–Trinajstić information content (AvgIpc) is 3.39. The molecule has 3 aromatic heterocycles. The summed E-state index contributed by atoms with van der Waals surface area (Å²) in [6.07, 6.45) is 3.78. The summed E-state index contributed by atoms with van der Waals surface area (Å²) in [6, 6.07) is 17.7. The highest BCUT2D eigenvalue weighted by Crippen LogP contribution is 2.21. The summed E-state index contributed by atoms with van der Waals surface area (Å²) in [5, 5.41) is 8.17. The van der Waals surface area contributed by atoms with Gasteiger partial charge >= 0.3 is 0 Å². The Morgan fingerprint density at radius 2 is 1.89 bits per heavy atom. The third-order valence-corrected chi connectivity index (χ3v) is 4.60. The van der Waals surface area contributed by atoms with E-state index < -0.39 is 0 Å². The Morgan fingerprint density at radius 3 is 2.68 bits per heavy atom. The normalized spacial score (nSPS) is 11.1.